The number of ether oxygens (including phenoxy) is 1. The zero-order valence-corrected chi connectivity index (χ0v) is 20.8. The Balaban J connectivity index is 2.00. The van der Waals surface area contributed by atoms with Gasteiger partial charge in [0.15, 0.2) is 11.2 Å². The molecule has 1 aliphatic rings. The number of hydrogen-bond donors (Lipinski definition) is 1. The third kappa shape index (κ3) is 5.10. The van der Waals surface area contributed by atoms with E-state index >= 15 is 0 Å². The fourth-order valence-corrected chi connectivity index (χ4v) is 4.45. The van der Waals surface area contributed by atoms with Crippen molar-refractivity contribution in [3.05, 3.63) is 50.4 Å². The van der Waals surface area contributed by atoms with Crippen LogP contribution in [-0.2, 0) is 29.2 Å². The maximum absolute atomic E-state index is 13.8. The first-order valence-corrected chi connectivity index (χ1v) is 12.0. The summed E-state index contributed by atoms with van der Waals surface area (Å²) in [5.74, 6) is 5.62. The van der Waals surface area contributed by atoms with Crippen molar-refractivity contribution < 1.29 is 9.53 Å². The molecule has 12 heteroatoms. The van der Waals surface area contributed by atoms with E-state index < -0.39 is 23.8 Å². The van der Waals surface area contributed by atoms with Crippen LogP contribution in [0, 0.1) is 23.2 Å². The number of aromatic nitrogens is 5. The zero-order chi connectivity index (χ0) is 26.5. The summed E-state index contributed by atoms with van der Waals surface area (Å²) in [6.45, 7) is 4.14. The number of nitriles is 1. The molecule has 37 heavy (non-hydrogen) atoms. The maximum Gasteiger partial charge on any atom is 0.333 e. The molecule has 0 radical (unpaired) electrons. The summed E-state index contributed by atoms with van der Waals surface area (Å²) in [6.07, 6.45) is 3.20. The van der Waals surface area contributed by atoms with Gasteiger partial charge in [-0.05, 0) is 38.8 Å². The Morgan fingerprint density at radius 2 is 2.11 bits per heavy atom. The Hall–Kier alpha value is -4.42. The molecule has 0 spiro atoms. The van der Waals surface area contributed by atoms with E-state index in [0.717, 1.165) is 22.0 Å². The van der Waals surface area contributed by atoms with E-state index in [9.17, 15) is 19.6 Å². The molecule has 12 nitrogen and oxygen atoms in total. The number of anilines is 1. The molecule has 1 unspecified atom stereocenters. The summed E-state index contributed by atoms with van der Waals surface area (Å²) >= 11 is 0. The number of carbonyl (C=O) groups is 1. The van der Waals surface area contributed by atoms with Crippen LogP contribution in [0.25, 0.3) is 11.2 Å². The fraction of sp³-hybridized carbons (Fsp3) is 0.440. The van der Waals surface area contributed by atoms with Crippen LogP contribution in [0.4, 0.5) is 5.95 Å². The predicted molar refractivity (Wildman–Crippen MR) is 136 cm³/mol. The van der Waals surface area contributed by atoms with Gasteiger partial charge in [0, 0.05) is 25.3 Å². The Kier molecular flexibility index (Phi) is 7.70. The van der Waals surface area contributed by atoms with Crippen molar-refractivity contribution in [3.8, 4) is 17.9 Å². The van der Waals surface area contributed by atoms with E-state index in [1.807, 2.05) is 11.0 Å². The molecule has 0 aliphatic carbocycles. The minimum absolute atomic E-state index is 0.0629. The summed E-state index contributed by atoms with van der Waals surface area (Å²) in [5, 5.41) is 9.48. The van der Waals surface area contributed by atoms with E-state index in [1.165, 1.54) is 6.20 Å². The van der Waals surface area contributed by atoms with Gasteiger partial charge in [0.1, 0.15) is 12.6 Å². The lowest BCUT2D eigenvalue weighted by Crippen LogP contribution is -2.44. The highest BCUT2D eigenvalue weighted by molar-refractivity contribution is 5.77. The van der Waals surface area contributed by atoms with E-state index in [4.69, 9.17) is 10.5 Å². The summed E-state index contributed by atoms with van der Waals surface area (Å²) in [7, 11) is 0. The number of pyridine rings is 1. The van der Waals surface area contributed by atoms with Crippen molar-refractivity contribution in [1.82, 2.24) is 23.7 Å². The normalized spacial score (nSPS) is 15.2. The number of nitrogens with zero attached hydrogens (tertiary/aromatic N) is 7. The van der Waals surface area contributed by atoms with Gasteiger partial charge in [0.05, 0.1) is 31.0 Å². The van der Waals surface area contributed by atoms with Gasteiger partial charge in [-0.1, -0.05) is 5.92 Å². The largest absolute Gasteiger partial charge is 0.465 e. The Morgan fingerprint density at radius 3 is 2.81 bits per heavy atom. The highest BCUT2D eigenvalue weighted by Crippen LogP contribution is 2.23. The van der Waals surface area contributed by atoms with Crippen LogP contribution >= 0.6 is 0 Å². The van der Waals surface area contributed by atoms with Crippen molar-refractivity contribution in [2.24, 2.45) is 5.73 Å². The Bertz CT molecular complexity index is 1550. The van der Waals surface area contributed by atoms with Crippen molar-refractivity contribution in [2.75, 3.05) is 24.6 Å². The second-order valence-electron chi connectivity index (χ2n) is 8.62. The van der Waals surface area contributed by atoms with E-state index in [2.05, 4.69) is 21.8 Å². The number of hydrogen-bond acceptors (Lipinski definition) is 9. The molecular formula is C25H28N8O4. The van der Waals surface area contributed by atoms with Gasteiger partial charge in [-0.25, -0.2) is 4.79 Å². The standard InChI is InChI=1S/C25H28N8O4/c1-3-5-12-31-21-22(29-24(31)30-11-7-9-18(27)14-30)32(16-20(34)37-4-2)25(36)33(23(21)35)15-19-17(13-26)8-6-10-28-19/h6,8,10,18H,4,7,9,11-12,14-16,27H2,1-2H3. The topological polar surface area (TPSA) is 154 Å². The van der Waals surface area contributed by atoms with Gasteiger partial charge in [0.2, 0.25) is 5.95 Å². The van der Waals surface area contributed by atoms with Crippen LogP contribution in [-0.4, -0.2) is 55.4 Å². The highest BCUT2D eigenvalue weighted by Gasteiger charge is 2.27. The predicted octanol–water partition coefficient (Wildman–Crippen LogP) is 0.189. The molecule has 0 bridgehead atoms. The SMILES string of the molecule is CC#CCn1c(N2CCCC(N)C2)nc2c1c(=O)n(Cc1ncccc1C#N)c(=O)n2CC(=O)OCC. The average molecular weight is 505 g/mol. The van der Waals surface area contributed by atoms with Crippen LogP contribution in [0.3, 0.4) is 0 Å². The van der Waals surface area contributed by atoms with Crippen molar-refractivity contribution in [1.29, 1.82) is 5.26 Å². The van der Waals surface area contributed by atoms with Crippen LogP contribution in [0.5, 0.6) is 0 Å². The first kappa shape index (κ1) is 25.7. The maximum atomic E-state index is 13.8. The number of carbonyl (C=O) groups excluding carboxylic acids is 1. The molecule has 4 heterocycles. The summed E-state index contributed by atoms with van der Waals surface area (Å²) in [4.78, 5) is 50.8. The lowest BCUT2D eigenvalue weighted by molar-refractivity contribution is -0.143. The number of nitrogens with two attached hydrogens (primary N) is 1. The van der Waals surface area contributed by atoms with Gasteiger partial charge in [-0.15, -0.1) is 5.92 Å². The second-order valence-corrected chi connectivity index (χ2v) is 8.62. The minimum atomic E-state index is -0.756. The lowest BCUT2D eigenvalue weighted by atomic mass is 10.1. The lowest BCUT2D eigenvalue weighted by Gasteiger charge is -2.31. The third-order valence-electron chi connectivity index (χ3n) is 6.16. The molecular weight excluding hydrogens is 476 g/mol. The molecule has 3 aromatic rings. The van der Waals surface area contributed by atoms with Gasteiger partial charge in [-0.3, -0.25) is 28.3 Å². The number of fused-ring (bicyclic) bond motifs is 1. The van der Waals surface area contributed by atoms with Crippen LogP contribution in [0.1, 0.15) is 37.9 Å². The fourth-order valence-electron chi connectivity index (χ4n) is 4.45. The number of esters is 1. The molecule has 0 saturated carbocycles. The monoisotopic (exact) mass is 504 g/mol. The van der Waals surface area contributed by atoms with Crippen LogP contribution < -0.4 is 21.9 Å². The minimum Gasteiger partial charge on any atom is -0.465 e. The van der Waals surface area contributed by atoms with Gasteiger partial charge in [-0.2, -0.15) is 10.2 Å². The summed E-state index contributed by atoms with van der Waals surface area (Å²) in [5.41, 5.74) is 5.51. The summed E-state index contributed by atoms with van der Waals surface area (Å²) in [6, 6.07) is 5.12. The smallest absolute Gasteiger partial charge is 0.333 e. The van der Waals surface area contributed by atoms with Gasteiger partial charge < -0.3 is 15.4 Å². The number of imidazole rings is 1. The van der Waals surface area contributed by atoms with E-state index in [0.29, 0.717) is 19.0 Å². The van der Waals surface area contributed by atoms with Gasteiger partial charge in [0.25, 0.3) is 5.56 Å². The third-order valence-corrected chi connectivity index (χ3v) is 6.16. The molecule has 1 saturated heterocycles. The first-order valence-electron chi connectivity index (χ1n) is 12.0. The quantitative estimate of drug-likeness (QED) is 0.351. The molecule has 0 aromatic carbocycles. The van der Waals surface area contributed by atoms with Crippen molar-refractivity contribution >= 4 is 23.1 Å². The zero-order valence-electron chi connectivity index (χ0n) is 20.8. The van der Waals surface area contributed by atoms with Crippen LogP contribution in [0.15, 0.2) is 27.9 Å². The van der Waals surface area contributed by atoms with E-state index in [1.54, 1.807) is 30.5 Å². The van der Waals surface area contributed by atoms with Crippen molar-refractivity contribution in [2.45, 2.75) is 52.4 Å². The average Bonchev–Trinajstić information content (AvgIpc) is 3.27. The number of piperidine rings is 1. The highest BCUT2D eigenvalue weighted by atomic mass is 16.5. The number of rotatable bonds is 7. The van der Waals surface area contributed by atoms with Crippen molar-refractivity contribution in [3.63, 3.8) is 0 Å². The van der Waals surface area contributed by atoms with Crippen LogP contribution in [0.2, 0.25) is 0 Å². The molecule has 1 atom stereocenters. The molecule has 0 amide bonds. The first-order chi connectivity index (χ1) is 17.9. The molecule has 192 valence electrons. The van der Waals surface area contributed by atoms with Gasteiger partial charge >= 0.3 is 11.7 Å². The molecule has 4 rings (SSSR count). The molecule has 2 N–H and O–H groups in total. The summed E-state index contributed by atoms with van der Waals surface area (Å²) < 4.78 is 8.84. The second kappa shape index (κ2) is 11.1. The van der Waals surface area contributed by atoms with E-state index in [-0.39, 0.29) is 48.2 Å². The molecule has 1 aliphatic heterocycles. The molecule has 1 fully saturated rings. The Labute approximate surface area is 212 Å². The Morgan fingerprint density at radius 1 is 1.30 bits per heavy atom. The molecule has 3 aromatic heterocycles.